The van der Waals surface area contributed by atoms with Gasteiger partial charge in [0.25, 0.3) is 0 Å². The third-order valence-electron chi connectivity index (χ3n) is 3.74. The van der Waals surface area contributed by atoms with Gasteiger partial charge in [-0.05, 0) is 36.9 Å². The minimum Gasteiger partial charge on any atom is -0.372 e. The summed E-state index contributed by atoms with van der Waals surface area (Å²) in [5.74, 6) is 0. The second kappa shape index (κ2) is 4.56. The van der Waals surface area contributed by atoms with E-state index in [1.165, 1.54) is 30.4 Å². The largest absolute Gasteiger partial charge is 0.372 e. The molecule has 0 aromatic heterocycles. The fourth-order valence-electron chi connectivity index (χ4n) is 2.90. The average molecular weight is 217 g/mol. The second-order valence-corrected chi connectivity index (χ2v) is 4.80. The Bertz CT molecular complexity index is 358. The lowest BCUT2D eigenvalue weighted by atomic mass is 9.89. The molecule has 2 aliphatic rings. The van der Waals surface area contributed by atoms with Gasteiger partial charge in [-0.25, -0.2) is 0 Å². The Kier molecular flexibility index (Phi) is 2.94. The lowest BCUT2D eigenvalue weighted by Crippen LogP contribution is -2.41. The topological polar surface area (TPSA) is 21.3 Å². The van der Waals surface area contributed by atoms with Gasteiger partial charge in [0.1, 0.15) is 0 Å². The van der Waals surface area contributed by atoms with Crippen LogP contribution >= 0.6 is 0 Å². The zero-order chi connectivity index (χ0) is 10.8. The molecule has 2 nitrogen and oxygen atoms in total. The van der Waals surface area contributed by atoms with Gasteiger partial charge in [-0.3, -0.25) is 0 Å². The second-order valence-electron chi connectivity index (χ2n) is 4.80. The lowest BCUT2D eigenvalue weighted by Gasteiger charge is -2.35. The van der Waals surface area contributed by atoms with Crippen molar-refractivity contribution >= 4 is 0 Å². The molecule has 0 aliphatic carbocycles. The fraction of sp³-hybridized carbons (Fsp3) is 0.571. The van der Waals surface area contributed by atoms with Crippen molar-refractivity contribution in [2.45, 2.75) is 37.8 Å². The van der Waals surface area contributed by atoms with E-state index in [2.05, 4.69) is 29.6 Å². The van der Waals surface area contributed by atoms with E-state index in [0.717, 1.165) is 19.6 Å². The van der Waals surface area contributed by atoms with Crippen molar-refractivity contribution in [2.24, 2.45) is 0 Å². The quantitative estimate of drug-likeness (QED) is 0.780. The minimum absolute atomic E-state index is 0.283. The smallest absolute Gasteiger partial charge is 0.0980 e. The van der Waals surface area contributed by atoms with Crippen molar-refractivity contribution in [3.8, 4) is 0 Å². The summed E-state index contributed by atoms with van der Waals surface area (Å²) >= 11 is 0. The van der Waals surface area contributed by atoms with Gasteiger partial charge in [0, 0.05) is 6.04 Å². The highest BCUT2D eigenvalue weighted by Gasteiger charge is 2.29. The Morgan fingerprint density at radius 3 is 3.00 bits per heavy atom. The molecule has 0 saturated carbocycles. The van der Waals surface area contributed by atoms with Crippen LogP contribution in [0, 0.1) is 0 Å². The van der Waals surface area contributed by atoms with Crippen molar-refractivity contribution in [2.75, 3.05) is 13.2 Å². The van der Waals surface area contributed by atoms with Crippen molar-refractivity contribution in [3.63, 3.8) is 0 Å². The Labute approximate surface area is 97.0 Å². The summed E-state index contributed by atoms with van der Waals surface area (Å²) < 4.78 is 5.98. The van der Waals surface area contributed by atoms with Gasteiger partial charge in [0.15, 0.2) is 0 Å². The van der Waals surface area contributed by atoms with Crippen LogP contribution in [-0.4, -0.2) is 19.2 Å². The van der Waals surface area contributed by atoms with Crippen molar-refractivity contribution in [1.82, 2.24) is 5.32 Å². The van der Waals surface area contributed by atoms with E-state index in [1.807, 2.05) is 0 Å². The number of benzene rings is 1. The van der Waals surface area contributed by atoms with Crippen LogP contribution in [0.4, 0.5) is 0 Å². The van der Waals surface area contributed by atoms with Gasteiger partial charge in [-0.15, -0.1) is 0 Å². The summed E-state index contributed by atoms with van der Waals surface area (Å²) in [5, 5.41) is 3.60. The Morgan fingerprint density at radius 1 is 1.19 bits per heavy atom. The summed E-state index contributed by atoms with van der Waals surface area (Å²) in [4.78, 5) is 0. The standard InChI is InChI=1S/C14H19NO/c1-2-6-12-11(5-1)8-10-16-14(12)13-7-3-4-9-15-13/h1-2,5-6,13-15H,3-4,7-10H2/t13-,14+/m0/s1. The predicted molar refractivity (Wildman–Crippen MR) is 64.5 cm³/mol. The Balaban J connectivity index is 1.86. The van der Waals surface area contributed by atoms with E-state index in [9.17, 15) is 0 Å². The van der Waals surface area contributed by atoms with Crippen LogP contribution in [0.2, 0.25) is 0 Å². The maximum Gasteiger partial charge on any atom is 0.0980 e. The number of rotatable bonds is 1. The maximum absolute atomic E-state index is 5.98. The summed E-state index contributed by atoms with van der Waals surface area (Å²) in [6.45, 7) is 2.02. The number of fused-ring (bicyclic) bond motifs is 1. The number of ether oxygens (including phenoxy) is 1. The van der Waals surface area contributed by atoms with Crippen LogP contribution in [0.5, 0.6) is 0 Å². The van der Waals surface area contributed by atoms with Gasteiger partial charge >= 0.3 is 0 Å². The summed E-state index contributed by atoms with van der Waals surface area (Å²) in [6, 6.07) is 9.26. The lowest BCUT2D eigenvalue weighted by molar-refractivity contribution is 0.00895. The van der Waals surface area contributed by atoms with E-state index in [-0.39, 0.29) is 6.10 Å². The molecule has 1 aromatic rings. The van der Waals surface area contributed by atoms with Gasteiger partial charge in [-0.1, -0.05) is 30.7 Å². The van der Waals surface area contributed by atoms with Crippen LogP contribution in [0.25, 0.3) is 0 Å². The molecule has 16 heavy (non-hydrogen) atoms. The van der Waals surface area contributed by atoms with Crippen molar-refractivity contribution in [1.29, 1.82) is 0 Å². The van der Waals surface area contributed by atoms with Crippen LogP contribution in [-0.2, 0) is 11.2 Å². The van der Waals surface area contributed by atoms with Crippen molar-refractivity contribution in [3.05, 3.63) is 35.4 Å². The predicted octanol–water partition coefficient (Wildman–Crippen LogP) is 2.44. The molecule has 1 saturated heterocycles. The summed E-state index contributed by atoms with van der Waals surface area (Å²) in [5.41, 5.74) is 2.89. The molecule has 86 valence electrons. The number of nitrogens with one attached hydrogen (secondary N) is 1. The highest BCUT2D eigenvalue weighted by molar-refractivity contribution is 5.32. The molecule has 2 heterocycles. The van der Waals surface area contributed by atoms with E-state index >= 15 is 0 Å². The molecule has 2 atom stereocenters. The van der Waals surface area contributed by atoms with Crippen LogP contribution in [0.15, 0.2) is 24.3 Å². The molecule has 0 amide bonds. The highest BCUT2D eigenvalue weighted by Crippen LogP contribution is 2.32. The molecular weight excluding hydrogens is 198 g/mol. The first-order valence-corrected chi connectivity index (χ1v) is 6.38. The molecule has 0 unspecified atom stereocenters. The van der Waals surface area contributed by atoms with E-state index in [1.54, 1.807) is 0 Å². The average Bonchev–Trinajstić information content (AvgIpc) is 2.39. The molecular formula is C14H19NO. The molecule has 2 aliphatic heterocycles. The third kappa shape index (κ3) is 1.87. The Morgan fingerprint density at radius 2 is 2.12 bits per heavy atom. The van der Waals surface area contributed by atoms with E-state index < -0.39 is 0 Å². The van der Waals surface area contributed by atoms with E-state index in [0.29, 0.717) is 6.04 Å². The minimum atomic E-state index is 0.283. The first kappa shape index (κ1) is 10.3. The molecule has 3 rings (SSSR count). The first-order valence-electron chi connectivity index (χ1n) is 6.38. The summed E-state index contributed by atoms with van der Waals surface area (Å²) in [6.07, 6.45) is 5.24. The van der Waals surface area contributed by atoms with Crippen molar-refractivity contribution < 1.29 is 4.74 Å². The summed E-state index contributed by atoms with van der Waals surface area (Å²) in [7, 11) is 0. The molecule has 0 spiro atoms. The third-order valence-corrected chi connectivity index (χ3v) is 3.74. The van der Waals surface area contributed by atoms with Gasteiger partial charge in [0.05, 0.1) is 12.7 Å². The molecule has 1 N–H and O–H groups in total. The molecule has 1 aromatic carbocycles. The van der Waals surface area contributed by atoms with Gasteiger partial charge < -0.3 is 10.1 Å². The number of piperidine rings is 1. The monoisotopic (exact) mass is 217 g/mol. The Hall–Kier alpha value is -0.860. The molecule has 1 fully saturated rings. The number of hydrogen-bond donors (Lipinski definition) is 1. The number of hydrogen-bond acceptors (Lipinski definition) is 2. The zero-order valence-corrected chi connectivity index (χ0v) is 9.61. The van der Waals surface area contributed by atoms with Gasteiger partial charge in [-0.2, -0.15) is 0 Å². The fourth-order valence-corrected chi connectivity index (χ4v) is 2.90. The normalized spacial score (nSPS) is 29.8. The first-order chi connectivity index (χ1) is 7.95. The highest BCUT2D eigenvalue weighted by atomic mass is 16.5. The van der Waals surface area contributed by atoms with Gasteiger partial charge in [0.2, 0.25) is 0 Å². The molecule has 0 bridgehead atoms. The maximum atomic E-state index is 5.98. The molecule has 0 radical (unpaired) electrons. The van der Waals surface area contributed by atoms with E-state index in [4.69, 9.17) is 4.74 Å². The van der Waals surface area contributed by atoms with Crippen LogP contribution in [0.3, 0.4) is 0 Å². The zero-order valence-electron chi connectivity index (χ0n) is 9.61. The molecule has 2 heteroatoms. The van der Waals surface area contributed by atoms with Crippen LogP contribution in [0.1, 0.15) is 36.5 Å². The van der Waals surface area contributed by atoms with Crippen LogP contribution < -0.4 is 5.32 Å². The SMILES string of the molecule is c1ccc2c(c1)CCO[C@H]2[C@@H]1CCCCN1.